The van der Waals surface area contributed by atoms with Crippen LogP contribution in [-0.4, -0.2) is 6.61 Å². The molecule has 1 nitrogen and oxygen atoms in total. The third-order valence-corrected chi connectivity index (χ3v) is 1.94. The molecular weight excluding hydrogens is 242 g/mol. The average molecular weight is 249 g/mol. The van der Waals surface area contributed by atoms with Gasteiger partial charge in [-0.15, -0.1) is 0 Å². The third-order valence-electron chi connectivity index (χ3n) is 1.33. The monoisotopic (exact) mass is 248 g/mol. The Morgan fingerprint density at radius 3 is 2.69 bits per heavy atom. The van der Waals surface area contributed by atoms with Gasteiger partial charge < -0.3 is 4.74 Å². The fourth-order valence-electron chi connectivity index (χ4n) is 0.764. The van der Waals surface area contributed by atoms with Gasteiger partial charge in [0.25, 0.3) is 0 Å². The van der Waals surface area contributed by atoms with Crippen molar-refractivity contribution in [1.29, 1.82) is 0 Å². The second kappa shape index (κ2) is 4.37. The molecule has 13 heavy (non-hydrogen) atoms. The normalized spacial score (nSPS) is 9.77. The Morgan fingerprint density at radius 1 is 1.38 bits per heavy atom. The molecule has 4 heteroatoms. The summed E-state index contributed by atoms with van der Waals surface area (Å²) in [6.07, 6.45) is 1.48. The minimum Gasteiger partial charge on any atom is -0.486 e. The van der Waals surface area contributed by atoms with E-state index < -0.39 is 11.6 Å². The number of benzene rings is 1. The van der Waals surface area contributed by atoms with Crippen molar-refractivity contribution in [2.24, 2.45) is 0 Å². The first-order valence-electron chi connectivity index (χ1n) is 3.53. The van der Waals surface area contributed by atoms with E-state index in [0.29, 0.717) is 0 Å². The molecule has 0 aliphatic rings. The Hall–Kier alpha value is -0.900. The Balaban J connectivity index is 2.94. The molecule has 1 rings (SSSR count). The lowest BCUT2D eigenvalue weighted by atomic mass is 10.3. The molecule has 0 amide bonds. The lowest BCUT2D eigenvalue weighted by molar-refractivity contribution is 0.340. The van der Waals surface area contributed by atoms with Crippen LogP contribution >= 0.6 is 15.9 Å². The van der Waals surface area contributed by atoms with E-state index in [0.717, 1.165) is 6.07 Å². The summed E-state index contributed by atoms with van der Waals surface area (Å²) < 4.78 is 30.8. The van der Waals surface area contributed by atoms with Gasteiger partial charge in [-0.25, -0.2) is 8.78 Å². The van der Waals surface area contributed by atoms with Gasteiger partial charge in [0.1, 0.15) is 12.4 Å². The van der Waals surface area contributed by atoms with Gasteiger partial charge in [-0.1, -0.05) is 12.7 Å². The first-order valence-corrected chi connectivity index (χ1v) is 4.32. The van der Waals surface area contributed by atoms with Gasteiger partial charge in [-0.05, 0) is 15.9 Å². The highest BCUT2D eigenvalue weighted by Crippen LogP contribution is 2.25. The summed E-state index contributed by atoms with van der Waals surface area (Å²) in [7, 11) is 0. The van der Waals surface area contributed by atoms with Gasteiger partial charge in [0.05, 0.1) is 4.47 Å². The fourth-order valence-corrected chi connectivity index (χ4v) is 1.09. The van der Waals surface area contributed by atoms with E-state index in [1.54, 1.807) is 0 Å². The molecule has 0 bridgehead atoms. The van der Waals surface area contributed by atoms with Crippen LogP contribution < -0.4 is 4.74 Å². The van der Waals surface area contributed by atoms with Gasteiger partial charge in [0, 0.05) is 12.1 Å². The molecule has 0 spiro atoms. The molecule has 0 aromatic heterocycles. The number of halogens is 3. The van der Waals surface area contributed by atoms with Crippen molar-refractivity contribution in [1.82, 2.24) is 0 Å². The standard InChI is InChI=1S/C9H7BrF2O/c1-2-3-13-9-4-6(10)7(11)5-8(9)12/h2,4-5H,1,3H2. The van der Waals surface area contributed by atoms with Crippen LogP contribution in [0, 0.1) is 11.6 Å². The van der Waals surface area contributed by atoms with Crippen LogP contribution in [0.5, 0.6) is 5.75 Å². The van der Waals surface area contributed by atoms with Gasteiger partial charge in [0.15, 0.2) is 11.6 Å². The molecule has 0 radical (unpaired) electrons. The zero-order valence-corrected chi connectivity index (χ0v) is 8.27. The quantitative estimate of drug-likeness (QED) is 0.590. The van der Waals surface area contributed by atoms with E-state index in [4.69, 9.17) is 4.74 Å². The summed E-state index contributed by atoms with van der Waals surface area (Å²) in [4.78, 5) is 0. The second-order valence-electron chi connectivity index (χ2n) is 2.30. The highest BCUT2D eigenvalue weighted by molar-refractivity contribution is 9.10. The zero-order chi connectivity index (χ0) is 9.84. The van der Waals surface area contributed by atoms with Gasteiger partial charge >= 0.3 is 0 Å². The highest BCUT2D eigenvalue weighted by Gasteiger charge is 2.08. The average Bonchev–Trinajstić information content (AvgIpc) is 2.09. The summed E-state index contributed by atoms with van der Waals surface area (Å²) in [6, 6.07) is 2.01. The van der Waals surface area contributed by atoms with Crippen molar-refractivity contribution in [2.75, 3.05) is 6.61 Å². The minimum atomic E-state index is -0.720. The molecule has 0 N–H and O–H groups in total. The smallest absolute Gasteiger partial charge is 0.168 e. The predicted molar refractivity (Wildman–Crippen MR) is 49.8 cm³/mol. The van der Waals surface area contributed by atoms with Crippen molar-refractivity contribution in [3.05, 3.63) is 40.9 Å². The molecule has 0 atom stereocenters. The SMILES string of the molecule is C=CCOc1cc(Br)c(F)cc1F. The molecule has 1 aromatic carbocycles. The first-order chi connectivity index (χ1) is 6.15. The zero-order valence-electron chi connectivity index (χ0n) is 6.69. The van der Waals surface area contributed by atoms with Crippen LogP contribution in [0.3, 0.4) is 0 Å². The molecule has 0 heterocycles. The number of hydrogen-bond acceptors (Lipinski definition) is 1. The highest BCUT2D eigenvalue weighted by atomic mass is 79.9. The maximum absolute atomic E-state index is 12.9. The van der Waals surface area contributed by atoms with E-state index in [1.807, 2.05) is 0 Å². The second-order valence-corrected chi connectivity index (χ2v) is 3.15. The van der Waals surface area contributed by atoms with E-state index in [-0.39, 0.29) is 16.8 Å². The Labute approximate surface area is 83.1 Å². The lowest BCUT2D eigenvalue weighted by Crippen LogP contribution is -1.96. The maximum Gasteiger partial charge on any atom is 0.168 e. The van der Waals surface area contributed by atoms with Crippen molar-refractivity contribution in [2.45, 2.75) is 0 Å². The third kappa shape index (κ3) is 2.52. The fraction of sp³-hybridized carbons (Fsp3) is 0.111. The Bertz CT molecular complexity index is 326. The van der Waals surface area contributed by atoms with E-state index in [9.17, 15) is 8.78 Å². The molecule has 0 aliphatic carbocycles. The summed E-state index contributed by atoms with van der Waals surface area (Å²) in [5.41, 5.74) is 0. The molecular formula is C9H7BrF2O. The van der Waals surface area contributed by atoms with E-state index >= 15 is 0 Å². The van der Waals surface area contributed by atoms with Gasteiger partial charge in [-0.2, -0.15) is 0 Å². The molecule has 0 fully saturated rings. The Kier molecular flexibility index (Phi) is 3.42. The van der Waals surface area contributed by atoms with Crippen molar-refractivity contribution in [3.8, 4) is 5.75 Å². The van der Waals surface area contributed by atoms with E-state index in [2.05, 4.69) is 22.5 Å². The topological polar surface area (TPSA) is 9.23 Å². The van der Waals surface area contributed by atoms with Crippen LogP contribution in [0.15, 0.2) is 29.3 Å². The lowest BCUT2D eigenvalue weighted by Gasteiger charge is -2.05. The van der Waals surface area contributed by atoms with Crippen LogP contribution in [0.25, 0.3) is 0 Å². The minimum absolute atomic E-state index is 0.00757. The van der Waals surface area contributed by atoms with Gasteiger partial charge in [-0.3, -0.25) is 0 Å². The molecule has 0 aliphatic heterocycles. The van der Waals surface area contributed by atoms with Crippen LogP contribution in [0.2, 0.25) is 0 Å². The summed E-state index contributed by atoms with van der Waals surface area (Å²) in [5.74, 6) is -1.36. The summed E-state index contributed by atoms with van der Waals surface area (Å²) >= 11 is 2.92. The molecule has 0 unspecified atom stereocenters. The van der Waals surface area contributed by atoms with Crippen LogP contribution in [0.1, 0.15) is 0 Å². The molecule has 70 valence electrons. The molecule has 0 saturated heterocycles. The summed E-state index contributed by atoms with van der Waals surface area (Å²) in [6.45, 7) is 3.60. The Morgan fingerprint density at radius 2 is 2.08 bits per heavy atom. The summed E-state index contributed by atoms with van der Waals surface area (Å²) in [5, 5.41) is 0. The van der Waals surface area contributed by atoms with E-state index in [1.165, 1.54) is 12.1 Å². The number of rotatable bonds is 3. The van der Waals surface area contributed by atoms with Crippen LogP contribution in [0.4, 0.5) is 8.78 Å². The molecule has 1 aromatic rings. The van der Waals surface area contributed by atoms with Crippen molar-refractivity contribution < 1.29 is 13.5 Å². The molecule has 0 saturated carbocycles. The van der Waals surface area contributed by atoms with Crippen molar-refractivity contribution >= 4 is 15.9 Å². The first kappa shape index (κ1) is 10.2. The van der Waals surface area contributed by atoms with Crippen LogP contribution in [-0.2, 0) is 0 Å². The van der Waals surface area contributed by atoms with Crippen molar-refractivity contribution in [3.63, 3.8) is 0 Å². The number of hydrogen-bond donors (Lipinski definition) is 0. The predicted octanol–water partition coefficient (Wildman–Crippen LogP) is 3.29. The van der Waals surface area contributed by atoms with Gasteiger partial charge in [0.2, 0.25) is 0 Å². The largest absolute Gasteiger partial charge is 0.486 e. The number of ether oxygens (including phenoxy) is 1. The maximum atomic E-state index is 12.9.